The number of halogens is 1. The van der Waals surface area contributed by atoms with E-state index >= 15 is 0 Å². The quantitative estimate of drug-likeness (QED) is 0.783. The van der Waals surface area contributed by atoms with Gasteiger partial charge in [0.05, 0.1) is 4.34 Å². The van der Waals surface area contributed by atoms with Crippen LogP contribution < -0.4 is 5.32 Å². The lowest BCUT2D eigenvalue weighted by molar-refractivity contribution is 0.376. The largest absolute Gasteiger partial charge is 0.303 e. The average molecular weight is 318 g/mol. The molecule has 1 aromatic carbocycles. The molecule has 1 N–H and O–H groups in total. The Morgan fingerprint density at radius 1 is 1.14 bits per heavy atom. The van der Waals surface area contributed by atoms with E-state index in [4.69, 9.17) is 11.6 Å². The second-order valence-electron chi connectivity index (χ2n) is 6.27. The minimum absolute atomic E-state index is 0.475. The number of thiophene rings is 1. The van der Waals surface area contributed by atoms with Crippen molar-refractivity contribution in [2.75, 3.05) is 0 Å². The standard InChI is InChI=1S/C18H20ClNS/c19-17-11-14-15(7-4-8-16(14)21-17)20-18(13-9-10-13)12-5-2-1-3-6-12/h1-3,5-6,11,13,15,18,20H,4,7-10H2. The summed E-state index contributed by atoms with van der Waals surface area (Å²) in [5, 5.41) is 3.95. The lowest BCUT2D eigenvalue weighted by atomic mass is 9.91. The smallest absolute Gasteiger partial charge is 0.0934 e. The van der Waals surface area contributed by atoms with Crippen molar-refractivity contribution < 1.29 is 0 Å². The molecule has 0 aliphatic heterocycles. The zero-order valence-corrected chi connectivity index (χ0v) is 13.6. The van der Waals surface area contributed by atoms with Gasteiger partial charge in [-0.15, -0.1) is 11.3 Å². The highest BCUT2D eigenvalue weighted by Crippen LogP contribution is 2.44. The molecule has 2 atom stereocenters. The highest BCUT2D eigenvalue weighted by Gasteiger charge is 2.35. The van der Waals surface area contributed by atoms with Gasteiger partial charge in [-0.3, -0.25) is 0 Å². The Balaban J connectivity index is 1.59. The van der Waals surface area contributed by atoms with Crippen molar-refractivity contribution in [3.05, 3.63) is 56.7 Å². The van der Waals surface area contributed by atoms with Gasteiger partial charge < -0.3 is 5.32 Å². The molecular formula is C18H20ClNS. The molecule has 1 nitrogen and oxygen atoms in total. The molecule has 0 bridgehead atoms. The molecule has 1 saturated carbocycles. The van der Waals surface area contributed by atoms with Crippen LogP contribution in [0.2, 0.25) is 4.34 Å². The summed E-state index contributed by atoms with van der Waals surface area (Å²) in [6.45, 7) is 0. The van der Waals surface area contributed by atoms with Crippen molar-refractivity contribution in [3.63, 3.8) is 0 Å². The predicted molar refractivity (Wildman–Crippen MR) is 90.1 cm³/mol. The molecule has 0 saturated heterocycles. The van der Waals surface area contributed by atoms with Gasteiger partial charge in [0.15, 0.2) is 0 Å². The summed E-state index contributed by atoms with van der Waals surface area (Å²) in [7, 11) is 0. The number of rotatable bonds is 4. The van der Waals surface area contributed by atoms with Crippen molar-refractivity contribution in [1.29, 1.82) is 0 Å². The summed E-state index contributed by atoms with van der Waals surface area (Å²) in [4.78, 5) is 1.49. The maximum atomic E-state index is 6.24. The van der Waals surface area contributed by atoms with E-state index in [1.54, 1.807) is 11.3 Å². The maximum Gasteiger partial charge on any atom is 0.0934 e. The summed E-state index contributed by atoms with van der Waals surface area (Å²) in [5.41, 5.74) is 2.89. The summed E-state index contributed by atoms with van der Waals surface area (Å²) < 4.78 is 0.941. The molecule has 2 aromatic rings. The molecule has 110 valence electrons. The van der Waals surface area contributed by atoms with Crippen molar-refractivity contribution in [2.24, 2.45) is 5.92 Å². The number of hydrogen-bond acceptors (Lipinski definition) is 2. The number of nitrogens with one attached hydrogen (secondary N) is 1. The minimum atomic E-state index is 0.475. The van der Waals surface area contributed by atoms with Crippen LogP contribution in [-0.4, -0.2) is 0 Å². The second-order valence-corrected chi connectivity index (χ2v) is 8.03. The van der Waals surface area contributed by atoms with Crippen LogP contribution in [0.3, 0.4) is 0 Å². The molecule has 2 unspecified atom stereocenters. The van der Waals surface area contributed by atoms with Crippen molar-refractivity contribution >= 4 is 22.9 Å². The van der Waals surface area contributed by atoms with E-state index in [0.717, 1.165) is 10.3 Å². The molecule has 0 amide bonds. The Hall–Kier alpha value is -0.830. The van der Waals surface area contributed by atoms with Crippen LogP contribution in [0.15, 0.2) is 36.4 Å². The molecule has 0 radical (unpaired) electrons. The Bertz CT molecular complexity index is 617. The highest BCUT2D eigenvalue weighted by atomic mass is 35.5. The fourth-order valence-electron chi connectivity index (χ4n) is 3.51. The SMILES string of the molecule is Clc1cc2c(s1)CCCC2NC(c1ccccc1)C1CC1. The van der Waals surface area contributed by atoms with Crippen LogP contribution in [0.4, 0.5) is 0 Å². The van der Waals surface area contributed by atoms with Gasteiger partial charge in [0.25, 0.3) is 0 Å². The van der Waals surface area contributed by atoms with Crippen LogP contribution in [0.1, 0.15) is 53.8 Å². The Morgan fingerprint density at radius 3 is 2.71 bits per heavy atom. The normalized spacial score (nSPS) is 22.8. The van der Waals surface area contributed by atoms with Gasteiger partial charge in [-0.1, -0.05) is 41.9 Å². The molecule has 2 aliphatic rings. The topological polar surface area (TPSA) is 12.0 Å². The minimum Gasteiger partial charge on any atom is -0.303 e. The van der Waals surface area contributed by atoms with Gasteiger partial charge >= 0.3 is 0 Å². The second kappa shape index (κ2) is 5.75. The highest BCUT2D eigenvalue weighted by molar-refractivity contribution is 7.16. The third-order valence-corrected chi connectivity index (χ3v) is 6.06. The summed E-state index contributed by atoms with van der Waals surface area (Å²) >= 11 is 8.00. The number of fused-ring (bicyclic) bond motifs is 1. The third-order valence-electron chi connectivity index (χ3n) is 4.72. The number of aryl methyl sites for hydroxylation is 1. The van der Waals surface area contributed by atoms with Crippen LogP contribution in [0.25, 0.3) is 0 Å². The summed E-state index contributed by atoms with van der Waals surface area (Å²) in [6.07, 6.45) is 6.42. The Kier molecular flexibility index (Phi) is 3.78. The van der Waals surface area contributed by atoms with Gasteiger partial charge in [0, 0.05) is 17.0 Å². The van der Waals surface area contributed by atoms with Crippen LogP contribution in [-0.2, 0) is 6.42 Å². The van der Waals surface area contributed by atoms with E-state index in [1.165, 1.54) is 48.1 Å². The summed E-state index contributed by atoms with van der Waals surface area (Å²) in [5.74, 6) is 0.812. The van der Waals surface area contributed by atoms with Crippen LogP contribution in [0.5, 0.6) is 0 Å². The van der Waals surface area contributed by atoms with E-state index in [-0.39, 0.29) is 0 Å². The molecule has 1 heterocycles. The fraction of sp³-hybridized carbons (Fsp3) is 0.444. The fourth-order valence-corrected chi connectivity index (χ4v) is 4.89. The molecule has 4 rings (SSSR count). The summed E-state index contributed by atoms with van der Waals surface area (Å²) in [6, 6.07) is 14.1. The molecule has 21 heavy (non-hydrogen) atoms. The molecule has 2 aliphatic carbocycles. The van der Waals surface area contributed by atoms with E-state index in [0.29, 0.717) is 12.1 Å². The van der Waals surface area contributed by atoms with Gasteiger partial charge in [-0.05, 0) is 55.2 Å². The monoisotopic (exact) mass is 317 g/mol. The first-order valence-electron chi connectivity index (χ1n) is 7.90. The van der Waals surface area contributed by atoms with Gasteiger partial charge in [-0.2, -0.15) is 0 Å². The lowest BCUT2D eigenvalue weighted by Gasteiger charge is -2.29. The molecular weight excluding hydrogens is 298 g/mol. The van der Waals surface area contributed by atoms with Gasteiger partial charge in [-0.25, -0.2) is 0 Å². The number of benzene rings is 1. The maximum absolute atomic E-state index is 6.24. The molecule has 1 aromatic heterocycles. The first kappa shape index (κ1) is 13.8. The average Bonchev–Trinajstić information content (AvgIpc) is 3.26. The first-order valence-corrected chi connectivity index (χ1v) is 9.10. The molecule has 0 spiro atoms. The molecule has 1 fully saturated rings. The zero-order chi connectivity index (χ0) is 14.2. The lowest BCUT2D eigenvalue weighted by Crippen LogP contribution is -2.29. The van der Waals surface area contributed by atoms with Crippen LogP contribution >= 0.6 is 22.9 Å². The number of hydrogen-bond donors (Lipinski definition) is 1. The van der Waals surface area contributed by atoms with Gasteiger partial charge in [0.1, 0.15) is 0 Å². The van der Waals surface area contributed by atoms with E-state index in [9.17, 15) is 0 Å². The van der Waals surface area contributed by atoms with Crippen molar-refractivity contribution in [2.45, 2.75) is 44.2 Å². The van der Waals surface area contributed by atoms with Crippen LogP contribution in [0, 0.1) is 5.92 Å². The predicted octanol–water partition coefficient (Wildman–Crippen LogP) is 5.52. The molecule has 3 heteroatoms. The van der Waals surface area contributed by atoms with E-state index in [2.05, 4.69) is 41.7 Å². The Labute approximate surface area is 135 Å². The van der Waals surface area contributed by atoms with E-state index < -0.39 is 0 Å². The van der Waals surface area contributed by atoms with E-state index in [1.807, 2.05) is 0 Å². The first-order chi connectivity index (χ1) is 10.3. The zero-order valence-electron chi connectivity index (χ0n) is 12.0. The Morgan fingerprint density at radius 2 is 1.95 bits per heavy atom. The van der Waals surface area contributed by atoms with Gasteiger partial charge in [0.2, 0.25) is 0 Å². The van der Waals surface area contributed by atoms with Crippen molar-refractivity contribution in [1.82, 2.24) is 5.32 Å². The van der Waals surface area contributed by atoms with Crippen molar-refractivity contribution in [3.8, 4) is 0 Å². The third kappa shape index (κ3) is 2.90.